The van der Waals surface area contributed by atoms with E-state index in [0.29, 0.717) is 0 Å². The van der Waals surface area contributed by atoms with Gasteiger partial charge in [-0.1, -0.05) is 38.0 Å². The molecule has 0 N–H and O–H groups in total. The van der Waals surface area contributed by atoms with E-state index in [0.717, 1.165) is 17.8 Å². The lowest BCUT2D eigenvalue weighted by molar-refractivity contribution is 0.330. The molecule has 0 fully saturated rings. The van der Waals surface area contributed by atoms with E-state index in [-0.39, 0.29) is 0 Å². The Morgan fingerprint density at radius 2 is 1.93 bits per heavy atom. The maximum Gasteiger partial charge on any atom is -0.0133 e. The van der Waals surface area contributed by atoms with Gasteiger partial charge in [-0.2, -0.15) is 0 Å². The molecule has 0 aromatic rings. The van der Waals surface area contributed by atoms with Crippen LogP contribution >= 0.6 is 0 Å². The summed E-state index contributed by atoms with van der Waals surface area (Å²) in [7, 11) is 0. The molecule has 1 unspecified atom stereocenters. The van der Waals surface area contributed by atoms with Crippen molar-refractivity contribution < 1.29 is 0 Å². The van der Waals surface area contributed by atoms with Crippen LogP contribution in [0.4, 0.5) is 0 Å². The second-order valence-electron chi connectivity index (χ2n) is 5.79. The Bertz CT molecular complexity index is 304. The molecule has 0 heteroatoms. The topological polar surface area (TPSA) is 0 Å². The minimum atomic E-state index is 0.747. The van der Waals surface area contributed by atoms with Crippen molar-refractivity contribution in [3.63, 3.8) is 0 Å². The van der Waals surface area contributed by atoms with Gasteiger partial charge in [0, 0.05) is 0 Å². The van der Waals surface area contributed by atoms with Crippen molar-refractivity contribution in [2.45, 2.75) is 53.4 Å². The molecule has 0 saturated heterocycles. The van der Waals surface area contributed by atoms with Gasteiger partial charge < -0.3 is 0 Å². The predicted molar refractivity (Wildman–Crippen MR) is 66.7 cm³/mol. The normalized spacial score (nSPS) is 31.7. The van der Waals surface area contributed by atoms with Crippen LogP contribution in [-0.4, -0.2) is 0 Å². The highest BCUT2D eigenvalue weighted by molar-refractivity contribution is 5.36. The van der Waals surface area contributed by atoms with E-state index in [1.807, 2.05) is 0 Å². The SMILES string of the molecule is CC1=CC2=C(C(C)C)CC[C@H](C)C2CC1. The number of fused-ring (bicyclic) bond motifs is 1. The number of hydrogen-bond acceptors (Lipinski definition) is 0. The molecular weight excluding hydrogens is 180 g/mol. The third-order valence-electron chi connectivity index (χ3n) is 4.27. The van der Waals surface area contributed by atoms with E-state index >= 15 is 0 Å². The van der Waals surface area contributed by atoms with Gasteiger partial charge in [0.25, 0.3) is 0 Å². The molecule has 0 aromatic heterocycles. The highest BCUT2D eigenvalue weighted by Crippen LogP contribution is 2.43. The summed E-state index contributed by atoms with van der Waals surface area (Å²) in [5, 5.41) is 0. The minimum absolute atomic E-state index is 0.747. The molecule has 0 nitrogen and oxygen atoms in total. The molecule has 0 aliphatic heterocycles. The maximum absolute atomic E-state index is 2.50. The van der Waals surface area contributed by atoms with E-state index in [1.54, 1.807) is 16.7 Å². The highest BCUT2D eigenvalue weighted by atomic mass is 14.3. The molecule has 15 heavy (non-hydrogen) atoms. The van der Waals surface area contributed by atoms with E-state index in [2.05, 4.69) is 33.8 Å². The lowest BCUT2D eigenvalue weighted by atomic mass is 9.68. The molecule has 0 heterocycles. The third kappa shape index (κ3) is 2.04. The molecule has 84 valence electrons. The second-order valence-corrected chi connectivity index (χ2v) is 5.79. The Kier molecular flexibility index (Phi) is 3.04. The van der Waals surface area contributed by atoms with Crippen molar-refractivity contribution in [3.05, 3.63) is 22.8 Å². The second kappa shape index (κ2) is 4.15. The van der Waals surface area contributed by atoms with Gasteiger partial charge >= 0.3 is 0 Å². The van der Waals surface area contributed by atoms with Crippen molar-refractivity contribution >= 4 is 0 Å². The standard InChI is InChI=1S/C15H24/c1-10(2)13-8-6-12(4)14-7-5-11(3)9-15(13)14/h9-10,12,14H,5-8H2,1-4H3/t12-,14?/m0/s1. The van der Waals surface area contributed by atoms with Crippen LogP contribution < -0.4 is 0 Å². The fourth-order valence-corrected chi connectivity index (χ4v) is 3.26. The van der Waals surface area contributed by atoms with Gasteiger partial charge in [-0.05, 0) is 55.9 Å². The first-order chi connectivity index (χ1) is 7.09. The van der Waals surface area contributed by atoms with Crippen LogP contribution in [0.1, 0.15) is 53.4 Å². The predicted octanol–water partition coefficient (Wildman–Crippen LogP) is 4.73. The average molecular weight is 204 g/mol. The number of rotatable bonds is 1. The van der Waals surface area contributed by atoms with Crippen molar-refractivity contribution in [2.75, 3.05) is 0 Å². The summed E-state index contributed by atoms with van der Waals surface area (Å²) in [6.07, 6.45) is 7.97. The van der Waals surface area contributed by atoms with E-state index < -0.39 is 0 Å². The fourth-order valence-electron chi connectivity index (χ4n) is 3.26. The lowest BCUT2D eigenvalue weighted by Gasteiger charge is -2.37. The van der Waals surface area contributed by atoms with Crippen LogP contribution in [0.25, 0.3) is 0 Å². The zero-order valence-electron chi connectivity index (χ0n) is 10.6. The van der Waals surface area contributed by atoms with Gasteiger partial charge in [0.2, 0.25) is 0 Å². The van der Waals surface area contributed by atoms with Crippen molar-refractivity contribution in [2.24, 2.45) is 17.8 Å². The fraction of sp³-hybridized carbons (Fsp3) is 0.733. The minimum Gasteiger partial charge on any atom is -0.0730 e. The van der Waals surface area contributed by atoms with E-state index in [9.17, 15) is 0 Å². The first-order valence-electron chi connectivity index (χ1n) is 6.49. The largest absolute Gasteiger partial charge is 0.0730 e. The van der Waals surface area contributed by atoms with E-state index in [4.69, 9.17) is 0 Å². The smallest absolute Gasteiger partial charge is 0.0133 e. The Balaban J connectivity index is 2.40. The van der Waals surface area contributed by atoms with Crippen molar-refractivity contribution in [1.29, 1.82) is 0 Å². The molecule has 0 amide bonds. The van der Waals surface area contributed by atoms with Crippen LogP contribution in [0.5, 0.6) is 0 Å². The summed E-state index contributed by atoms with van der Waals surface area (Å²) in [6.45, 7) is 9.44. The summed E-state index contributed by atoms with van der Waals surface area (Å²) < 4.78 is 0. The van der Waals surface area contributed by atoms with Gasteiger partial charge in [0.15, 0.2) is 0 Å². The molecule has 0 radical (unpaired) electrons. The third-order valence-corrected chi connectivity index (χ3v) is 4.27. The molecule has 0 aromatic carbocycles. The highest BCUT2D eigenvalue weighted by Gasteiger charge is 2.30. The zero-order chi connectivity index (χ0) is 11.0. The number of hydrogen-bond donors (Lipinski definition) is 0. The molecule has 0 bridgehead atoms. The average Bonchev–Trinajstić information content (AvgIpc) is 2.17. The van der Waals surface area contributed by atoms with Crippen molar-refractivity contribution in [3.8, 4) is 0 Å². The van der Waals surface area contributed by atoms with Gasteiger partial charge in [0.1, 0.15) is 0 Å². The summed E-state index contributed by atoms with van der Waals surface area (Å²) in [4.78, 5) is 0. The summed E-state index contributed by atoms with van der Waals surface area (Å²) >= 11 is 0. The van der Waals surface area contributed by atoms with Crippen molar-refractivity contribution in [1.82, 2.24) is 0 Å². The Morgan fingerprint density at radius 3 is 2.60 bits per heavy atom. The summed E-state index contributed by atoms with van der Waals surface area (Å²) in [5.74, 6) is 2.53. The molecule has 2 aliphatic carbocycles. The summed E-state index contributed by atoms with van der Waals surface area (Å²) in [6, 6.07) is 0. The Hall–Kier alpha value is -0.520. The molecule has 2 aliphatic rings. The van der Waals surface area contributed by atoms with E-state index in [1.165, 1.54) is 25.7 Å². The Labute approximate surface area is 94.5 Å². The maximum atomic E-state index is 2.50. The van der Waals surface area contributed by atoms with Gasteiger partial charge in [0.05, 0.1) is 0 Å². The Morgan fingerprint density at radius 1 is 1.20 bits per heavy atom. The first-order valence-corrected chi connectivity index (χ1v) is 6.49. The van der Waals surface area contributed by atoms with Crippen LogP contribution in [0.15, 0.2) is 22.8 Å². The van der Waals surface area contributed by atoms with Crippen LogP contribution in [-0.2, 0) is 0 Å². The molecule has 2 atom stereocenters. The lowest BCUT2D eigenvalue weighted by Crippen LogP contribution is -2.24. The van der Waals surface area contributed by atoms with Crippen LogP contribution in [0.2, 0.25) is 0 Å². The summed E-state index contributed by atoms with van der Waals surface area (Å²) in [5.41, 5.74) is 5.05. The molecule has 0 saturated carbocycles. The van der Waals surface area contributed by atoms with Gasteiger partial charge in [-0.3, -0.25) is 0 Å². The molecule has 0 spiro atoms. The van der Waals surface area contributed by atoms with Gasteiger partial charge in [-0.25, -0.2) is 0 Å². The zero-order valence-corrected chi connectivity index (χ0v) is 10.6. The first kappa shape index (κ1) is 11.0. The number of allylic oxidation sites excluding steroid dienone is 4. The monoisotopic (exact) mass is 204 g/mol. The van der Waals surface area contributed by atoms with Crippen LogP contribution in [0.3, 0.4) is 0 Å². The van der Waals surface area contributed by atoms with Gasteiger partial charge in [-0.15, -0.1) is 0 Å². The molecule has 2 rings (SSSR count). The quantitative estimate of drug-likeness (QED) is 0.579. The molecular formula is C15H24. The van der Waals surface area contributed by atoms with Crippen LogP contribution in [0, 0.1) is 17.8 Å².